The summed E-state index contributed by atoms with van der Waals surface area (Å²) in [4.78, 5) is 13.8. The molecule has 4 heteroatoms. The molecule has 0 atom stereocenters. The molecule has 0 aromatic carbocycles. The molecule has 0 fully saturated rings. The predicted molar refractivity (Wildman–Crippen MR) is 37.1 cm³/mol. The number of carbonyl (C=O) groups is 1. The van der Waals surface area contributed by atoms with Gasteiger partial charge in [0.25, 0.3) is 0 Å². The average Bonchev–Trinajstić information content (AvgIpc) is 2.32. The van der Waals surface area contributed by atoms with Crippen molar-refractivity contribution in [2.45, 2.75) is 19.4 Å². The Bertz CT molecular complexity index is 259. The Morgan fingerprint density at radius 2 is 2.36 bits per heavy atom. The zero-order valence-electron chi connectivity index (χ0n) is 6.37. The third-order valence-electron chi connectivity index (χ3n) is 1.16. The molecule has 0 spiro atoms. The highest BCUT2D eigenvalue weighted by Crippen LogP contribution is 2.17. The van der Waals surface area contributed by atoms with Crippen LogP contribution in [0.15, 0.2) is 10.6 Å². The van der Waals surface area contributed by atoms with Crippen LogP contribution in [0.2, 0.25) is 0 Å². The van der Waals surface area contributed by atoms with Gasteiger partial charge in [-0.25, -0.2) is 4.98 Å². The molecule has 0 unspecified atom stereocenters. The van der Waals surface area contributed by atoms with E-state index in [-0.39, 0.29) is 11.7 Å². The first-order chi connectivity index (χ1) is 5.04. The maximum atomic E-state index is 10.1. The Kier molecular flexibility index (Phi) is 1.78. The molecular weight excluding hydrogens is 146 g/mol. The van der Waals surface area contributed by atoms with Crippen molar-refractivity contribution in [2.24, 2.45) is 0 Å². The van der Waals surface area contributed by atoms with Crippen molar-refractivity contribution >= 4 is 6.29 Å². The van der Waals surface area contributed by atoms with E-state index in [4.69, 9.17) is 4.42 Å². The monoisotopic (exact) mass is 155 g/mol. The molecule has 0 saturated heterocycles. The summed E-state index contributed by atoms with van der Waals surface area (Å²) in [6.45, 7) is 3.07. The number of aliphatic hydroxyl groups is 1. The van der Waals surface area contributed by atoms with Crippen LogP contribution in [0.4, 0.5) is 0 Å². The van der Waals surface area contributed by atoms with Crippen LogP contribution in [0.1, 0.15) is 30.3 Å². The number of nitrogens with zero attached hydrogens (tertiary/aromatic N) is 1. The summed E-state index contributed by atoms with van der Waals surface area (Å²) in [5.41, 5.74) is -1.12. The molecular formula is C7H9NO3. The molecule has 0 bridgehead atoms. The van der Waals surface area contributed by atoms with Gasteiger partial charge in [0.2, 0.25) is 5.89 Å². The summed E-state index contributed by atoms with van der Waals surface area (Å²) in [5.74, 6) is 0.279. The second-order valence-corrected chi connectivity index (χ2v) is 2.74. The highest BCUT2D eigenvalue weighted by atomic mass is 16.4. The molecule has 1 N–H and O–H groups in total. The lowest BCUT2D eigenvalue weighted by atomic mass is 10.1. The average molecular weight is 155 g/mol. The van der Waals surface area contributed by atoms with Crippen LogP contribution in [0.5, 0.6) is 0 Å². The second-order valence-electron chi connectivity index (χ2n) is 2.74. The quantitative estimate of drug-likeness (QED) is 0.639. The molecule has 0 aliphatic heterocycles. The van der Waals surface area contributed by atoms with E-state index < -0.39 is 5.60 Å². The van der Waals surface area contributed by atoms with Crippen LogP contribution in [-0.2, 0) is 5.60 Å². The third kappa shape index (κ3) is 1.65. The predicted octanol–water partition coefficient (Wildman–Crippen LogP) is 0.714. The first-order valence-electron chi connectivity index (χ1n) is 3.18. The van der Waals surface area contributed by atoms with Crippen molar-refractivity contribution in [2.75, 3.05) is 0 Å². The van der Waals surface area contributed by atoms with Crippen molar-refractivity contribution in [3.63, 3.8) is 0 Å². The number of carbonyl (C=O) groups excluding carboxylic acids is 1. The van der Waals surface area contributed by atoms with Crippen molar-refractivity contribution in [1.82, 2.24) is 4.98 Å². The number of aromatic nitrogens is 1. The minimum Gasteiger partial charge on any atom is -0.435 e. The van der Waals surface area contributed by atoms with Gasteiger partial charge in [-0.2, -0.15) is 0 Å². The largest absolute Gasteiger partial charge is 0.435 e. The van der Waals surface area contributed by atoms with Gasteiger partial charge in [-0.3, -0.25) is 4.79 Å². The van der Waals surface area contributed by atoms with Gasteiger partial charge in [-0.15, -0.1) is 0 Å². The van der Waals surface area contributed by atoms with Crippen molar-refractivity contribution in [1.29, 1.82) is 0 Å². The van der Waals surface area contributed by atoms with E-state index in [1.807, 2.05) is 0 Å². The normalized spacial score (nSPS) is 11.5. The van der Waals surface area contributed by atoms with Crippen LogP contribution in [0.3, 0.4) is 0 Å². The molecule has 1 heterocycles. The summed E-state index contributed by atoms with van der Waals surface area (Å²) in [6, 6.07) is 0. The van der Waals surface area contributed by atoms with Gasteiger partial charge in [-0.05, 0) is 13.8 Å². The van der Waals surface area contributed by atoms with E-state index in [2.05, 4.69) is 4.98 Å². The molecule has 0 radical (unpaired) electrons. The lowest BCUT2D eigenvalue weighted by Gasteiger charge is -2.10. The molecule has 0 aliphatic rings. The SMILES string of the molecule is CC(C)(O)c1ncc(C=O)o1. The minimum absolute atomic E-state index is 0.127. The van der Waals surface area contributed by atoms with Gasteiger partial charge in [0.05, 0.1) is 6.20 Å². The molecule has 1 aromatic rings. The highest BCUT2D eigenvalue weighted by molar-refractivity contribution is 5.69. The fourth-order valence-corrected chi connectivity index (χ4v) is 0.624. The van der Waals surface area contributed by atoms with Crippen LogP contribution >= 0.6 is 0 Å². The van der Waals surface area contributed by atoms with Gasteiger partial charge in [-0.1, -0.05) is 0 Å². The molecule has 0 saturated carbocycles. The van der Waals surface area contributed by atoms with Gasteiger partial charge in [0, 0.05) is 0 Å². The highest BCUT2D eigenvalue weighted by Gasteiger charge is 2.22. The summed E-state index contributed by atoms with van der Waals surface area (Å²) in [5, 5.41) is 9.33. The van der Waals surface area contributed by atoms with Gasteiger partial charge in [0.15, 0.2) is 12.0 Å². The summed E-state index contributed by atoms with van der Waals surface area (Å²) < 4.78 is 4.87. The standard InChI is InChI=1S/C7H9NO3/c1-7(2,10)6-8-3-5(4-9)11-6/h3-4,10H,1-2H3. The van der Waals surface area contributed by atoms with Crippen LogP contribution in [0.25, 0.3) is 0 Å². The Morgan fingerprint density at radius 1 is 1.73 bits per heavy atom. The van der Waals surface area contributed by atoms with Gasteiger partial charge >= 0.3 is 0 Å². The summed E-state index contributed by atoms with van der Waals surface area (Å²) in [6.07, 6.45) is 1.82. The Hall–Kier alpha value is -1.16. The zero-order chi connectivity index (χ0) is 8.48. The number of hydrogen-bond donors (Lipinski definition) is 1. The smallest absolute Gasteiger partial charge is 0.226 e. The molecule has 4 nitrogen and oxygen atoms in total. The maximum absolute atomic E-state index is 10.1. The zero-order valence-corrected chi connectivity index (χ0v) is 6.37. The van der Waals surface area contributed by atoms with Crippen molar-refractivity contribution in [3.05, 3.63) is 17.8 Å². The topological polar surface area (TPSA) is 63.3 Å². The van der Waals surface area contributed by atoms with E-state index in [0.29, 0.717) is 6.29 Å². The Labute approximate surface area is 63.9 Å². The van der Waals surface area contributed by atoms with Crippen LogP contribution < -0.4 is 0 Å². The van der Waals surface area contributed by atoms with E-state index in [1.54, 1.807) is 0 Å². The lowest BCUT2D eigenvalue weighted by molar-refractivity contribution is 0.0474. The minimum atomic E-state index is -1.12. The van der Waals surface area contributed by atoms with E-state index in [1.165, 1.54) is 20.0 Å². The summed E-state index contributed by atoms with van der Waals surface area (Å²) >= 11 is 0. The van der Waals surface area contributed by atoms with E-state index in [0.717, 1.165) is 0 Å². The Balaban J connectivity index is 2.98. The first kappa shape index (κ1) is 7.94. The molecule has 0 amide bonds. The molecule has 1 aromatic heterocycles. The van der Waals surface area contributed by atoms with Crippen molar-refractivity contribution < 1.29 is 14.3 Å². The maximum Gasteiger partial charge on any atom is 0.226 e. The number of hydrogen-bond acceptors (Lipinski definition) is 4. The van der Waals surface area contributed by atoms with E-state index >= 15 is 0 Å². The summed E-state index contributed by atoms with van der Waals surface area (Å²) in [7, 11) is 0. The van der Waals surface area contributed by atoms with Gasteiger partial charge in [0.1, 0.15) is 5.60 Å². The third-order valence-corrected chi connectivity index (χ3v) is 1.16. The molecule has 60 valence electrons. The van der Waals surface area contributed by atoms with Crippen LogP contribution in [0, 0.1) is 0 Å². The first-order valence-corrected chi connectivity index (χ1v) is 3.18. The number of oxazole rings is 1. The van der Waals surface area contributed by atoms with E-state index in [9.17, 15) is 9.90 Å². The number of aldehydes is 1. The number of rotatable bonds is 2. The Morgan fingerprint density at radius 3 is 2.64 bits per heavy atom. The lowest BCUT2D eigenvalue weighted by Crippen LogP contribution is -2.15. The fourth-order valence-electron chi connectivity index (χ4n) is 0.624. The molecule has 1 rings (SSSR count). The van der Waals surface area contributed by atoms with Crippen molar-refractivity contribution in [3.8, 4) is 0 Å². The molecule has 0 aliphatic carbocycles. The second kappa shape index (κ2) is 2.47. The fraction of sp³-hybridized carbons (Fsp3) is 0.429. The van der Waals surface area contributed by atoms with Crippen LogP contribution in [-0.4, -0.2) is 16.4 Å². The molecule has 11 heavy (non-hydrogen) atoms. The van der Waals surface area contributed by atoms with Gasteiger partial charge < -0.3 is 9.52 Å².